The number of aromatic nitrogens is 3. The molecule has 0 aliphatic carbocycles. The van der Waals surface area contributed by atoms with Crippen molar-refractivity contribution in [3.05, 3.63) is 60.2 Å². The van der Waals surface area contributed by atoms with Crippen LogP contribution in [-0.2, 0) is 13.1 Å². The summed E-state index contributed by atoms with van der Waals surface area (Å²) in [6.07, 6.45) is 3.82. The van der Waals surface area contributed by atoms with Crippen molar-refractivity contribution in [3.8, 4) is 0 Å². The van der Waals surface area contributed by atoms with Crippen LogP contribution in [0.15, 0.2) is 48.7 Å². The molecule has 0 atom stereocenters. The molecule has 0 radical (unpaired) electrons. The zero-order chi connectivity index (χ0) is 16.1. The molecule has 118 valence electrons. The van der Waals surface area contributed by atoms with Crippen LogP contribution in [0.4, 0.5) is 0 Å². The fourth-order valence-electron chi connectivity index (χ4n) is 2.57. The minimum atomic E-state index is -0.181. The van der Waals surface area contributed by atoms with Crippen LogP contribution in [0.1, 0.15) is 36.1 Å². The van der Waals surface area contributed by atoms with E-state index in [9.17, 15) is 4.79 Å². The third-order valence-electron chi connectivity index (χ3n) is 3.77. The number of fused-ring (bicyclic) bond motifs is 1. The number of carbonyl (C=O) groups is 1. The first kappa shape index (κ1) is 15.2. The molecule has 0 spiro atoms. The fourth-order valence-corrected chi connectivity index (χ4v) is 2.57. The number of hydrogen-bond acceptors (Lipinski definition) is 3. The summed E-state index contributed by atoms with van der Waals surface area (Å²) in [7, 11) is 0. The molecule has 1 aromatic carbocycles. The predicted octanol–water partition coefficient (Wildman–Crippen LogP) is 3.16. The summed E-state index contributed by atoms with van der Waals surface area (Å²) in [5.41, 5.74) is 2.50. The van der Waals surface area contributed by atoms with Gasteiger partial charge in [-0.15, -0.1) is 0 Å². The van der Waals surface area contributed by atoms with Crippen molar-refractivity contribution in [1.82, 2.24) is 19.9 Å². The van der Waals surface area contributed by atoms with Gasteiger partial charge in [-0.1, -0.05) is 31.5 Å². The molecule has 3 aromatic rings. The van der Waals surface area contributed by atoms with Crippen molar-refractivity contribution in [1.29, 1.82) is 0 Å². The minimum absolute atomic E-state index is 0.181. The van der Waals surface area contributed by atoms with Gasteiger partial charge in [0.05, 0.1) is 17.6 Å². The smallest absolute Gasteiger partial charge is 0.270 e. The largest absolute Gasteiger partial charge is 0.343 e. The lowest BCUT2D eigenvalue weighted by Crippen LogP contribution is -2.25. The number of rotatable bonds is 6. The van der Waals surface area contributed by atoms with E-state index in [1.165, 1.54) is 0 Å². The van der Waals surface area contributed by atoms with Gasteiger partial charge in [0.25, 0.3) is 5.91 Å². The number of nitrogens with one attached hydrogen (secondary N) is 1. The molecule has 0 saturated heterocycles. The molecule has 1 N–H and O–H groups in total. The van der Waals surface area contributed by atoms with Crippen molar-refractivity contribution in [2.45, 2.75) is 32.9 Å². The average Bonchev–Trinajstić information content (AvgIpc) is 2.96. The van der Waals surface area contributed by atoms with E-state index in [2.05, 4.69) is 32.8 Å². The summed E-state index contributed by atoms with van der Waals surface area (Å²) >= 11 is 0. The van der Waals surface area contributed by atoms with Gasteiger partial charge < -0.3 is 9.88 Å². The second-order valence-electron chi connectivity index (χ2n) is 5.42. The van der Waals surface area contributed by atoms with Gasteiger partial charge in [-0.2, -0.15) is 0 Å². The highest BCUT2D eigenvalue weighted by Gasteiger charge is 2.12. The van der Waals surface area contributed by atoms with E-state index in [1.807, 2.05) is 18.2 Å². The predicted molar refractivity (Wildman–Crippen MR) is 90.0 cm³/mol. The SMILES string of the molecule is CCCCn1c(CNC(=O)c2ccccn2)nc2ccccc21. The van der Waals surface area contributed by atoms with Crippen LogP contribution in [-0.4, -0.2) is 20.4 Å². The summed E-state index contributed by atoms with van der Waals surface area (Å²) in [5.74, 6) is 0.698. The standard InChI is InChI=1S/C18H20N4O/c1-2-3-12-22-16-10-5-4-8-14(16)21-17(22)13-20-18(23)15-9-6-7-11-19-15/h4-11H,2-3,12-13H2,1H3,(H,20,23). The molecule has 0 saturated carbocycles. The molecule has 2 heterocycles. The number of unbranched alkanes of at least 4 members (excludes halogenated alkanes) is 1. The lowest BCUT2D eigenvalue weighted by atomic mass is 10.3. The quantitative estimate of drug-likeness (QED) is 0.761. The van der Waals surface area contributed by atoms with Gasteiger partial charge >= 0.3 is 0 Å². The first-order valence-corrected chi connectivity index (χ1v) is 7.93. The molecule has 5 heteroatoms. The van der Waals surface area contributed by atoms with Crippen LogP contribution in [0.2, 0.25) is 0 Å². The average molecular weight is 308 g/mol. The Bertz CT molecular complexity index is 795. The summed E-state index contributed by atoms with van der Waals surface area (Å²) in [6, 6.07) is 13.4. The second kappa shape index (κ2) is 7.05. The highest BCUT2D eigenvalue weighted by atomic mass is 16.1. The minimum Gasteiger partial charge on any atom is -0.343 e. The van der Waals surface area contributed by atoms with Gasteiger partial charge in [-0.25, -0.2) is 4.98 Å². The lowest BCUT2D eigenvalue weighted by molar-refractivity contribution is 0.0944. The molecule has 1 amide bonds. The fraction of sp³-hybridized carbons (Fsp3) is 0.278. The third-order valence-corrected chi connectivity index (χ3v) is 3.77. The highest BCUT2D eigenvalue weighted by molar-refractivity contribution is 5.92. The van der Waals surface area contributed by atoms with Crippen LogP contribution in [0.25, 0.3) is 11.0 Å². The van der Waals surface area contributed by atoms with E-state index in [-0.39, 0.29) is 5.91 Å². The highest BCUT2D eigenvalue weighted by Crippen LogP contribution is 2.17. The van der Waals surface area contributed by atoms with Gasteiger partial charge in [-0.3, -0.25) is 9.78 Å². The number of imidazole rings is 1. The van der Waals surface area contributed by atoms with E-state index in [0.29, 0.717) is 12.2 Å². The number of benzene rings is 1. The molecule has 0 aliphatic rings. The van der Waals surface area contributed by atoms with Crippen molar-refractivity contribution < 1.29 is 4.79 Å². The summed E-state index contributed by atoms with van der Waals surface area (Å²) in [6.45, 7) is 3.47. The maximum atomic E-state index is 12.1. The van der Waals surface area contributed by atoms with Crippen molar-refractivity contribution in [3.63, 3.8) is 0 Å². The molecule has 23 heavy (non-hydrogen) atoms. The first-order valence-electron chi connectivity index (χ1n) is 7.93. The Morgan fingerprint density at radius 3 is 2.78 bits per heavy atom. The lowest BCUT2D eigenvalue weighted by Gasteiger charge is -2.09. The Morgan fingerprint density at radius 1 is 1.17 bits per heavy atom. The van der Waals surface area contributed by atoms with Crippen molar-refractivity contribution >= 4 is 16.9 Å². The van der Waals surface area contributed by atoms with Crippen LogP contribution in [0, 0.1) is 0 Å². The third kappa shape index (κ3) is 3.39. The molecule has 3 rings (SSSR count). The number of para-hydroxylation sites is 2. The topological polar surface area (TPSA) is 59.8 Å². The summed E-state index contributed by atoms with van der Waals surface area (Å²) in [4.78, 5) is 20.9. The van der Waals surface area contributed by atoms with E-state index in [4.69, 9.17) is 0 Å². The van der Waals surface area contributed by atoms with Gasteiger partial charge in [0.1, 0.15) is 11.5 Å². The van der Waals surface area contributed by atoms with E-state index >= 15 is 0 Å². The molecule has 0 fully saturated rings. The maximum absolute atomic E-state index is 12.1. The maximum Gasteiger partial charge on any atom is 0.270 e. The van der Waals surface area contributed by atoms with E-state index < -0.39 is 0 Å². The Balaban J connectivity index is 1.80. The Hall–Kier alpha value is -2.69. The zero-order valence-corrected chi connectivity index (χ0v) is 13.2. The van der Waals surface area contributed by atoms with Crippen LogP contribution >= 0.6 is 0 Å². The summed E-state index contributed by atoms with van der Waals surface area (Å²) in [5, 5.41) is 2.91. The van der Waals surface area contributed by atoms with Gasteiger partial charge in [0, 0.05) is 12.7 Å². The molecular formula is C18H20N4O. The zero-order valence-electron chi connectivity index (χ0n) is 13.2. The molecule has 0 aliphatic heterocycles. The number of carbonyl (C=O) groups excluding carboxylic acids is 1. The number of pyridine rings is 1. The van der Waals surface area contributed by atoms with Crippen LogP contribution in [0.3, 0.4) is 0 Å². The van der Waals surface area contributed by atoms with Crippen LogP contribution < -0.4 is 5.32 Å². The first-order chi connectivity index (χ1) is 11.3. The Morgan fingerprint density at radius 2 is 2.00 bits per heavy atom. The Labute approximate surface area is 135 Å². The Kier molecular flexibility index (Phi) is 4.66. The number of aryl methyl sites for hydroxylation is 1. The number of hydrogen-bond donors (Lipinski definition) is 1. The normalized spacial score (nSPS) is 10.8. The van der Waals surface area contributed by atoms with Gasteiger partial charge in [-0.05, 0) is 30.7 Å². The van der Waals surface area contributed by atoms with Gasteiger partial charge in [0.15, 0.2) is 0 Å². The molecular weight excluding hydrogens is 288 g/mol. The van der Waals surface area contributed by atoms with E-state index in [0.717, 1.165) is 36.2 Å². The molecule has 0 bridgehead atoms. The van der Waals surface area contributed by atoms with E-state index in [1.54, 1.807) is 24.4 Å². The van der Waals surface area contributed by atoms with Gasteiger partial charge in [0.2, 0.25) is 0 Å². The number of nitrogens with zero attached hydrogens (tertiary/aromatic N) is 3. The van der Waals surface area contributed by atoms with Crippen molar-refractivity contribution in [2.24, 2.45) is 0 Å². The second-order valence-corrected chi connectivity index (χ2v) is 5.42. The molecule has 5 nitrogen and oxygen atoms in total. The molecule has 2 aromatic heterocycles. The number of amides is 1. The van der Waals surface area contributed by atoms with Crippen molar-refractivity contribution in [2.75, 3.05) is 0 Å². The molecule has 0 unspecified atom stereocenters. The van der Waals surface area contributed by atoms with Crippen LogP contribution in [0.5, 0.6) is 0 Å². The monoisotopic (exact) mass is 308 g/mol. The summed E-state index contributed by atoms with van der Waals surface area (Å²) < 4.78 is 2.19.